The number of carboxylic acids is 1. The largest absolute Gasteiger partial charge is 0.491 e. The van der Waals surface area contributed by atoms with E-state index in [-0.39, 0.29) is 11.8 Å². The lowest BCUT2D eigenvalue weighted by Crippen LogP contribution is -2.10. The standard InChI is InChI=1S/C31H26ClNO3/c1-20(2)36-26-14-11-22(12-15-26)24-13-16-27-28(18-24)33(19-21-7-6-10-25(32)17-21)30(31(34)35)29(27)23-8-4-3-5-9-23/h3-18,20H,19H2,1-2H3,(H,34,35). The van der Waals surface area contributed by atoms with Gasteiger partial charge in [0.15, 0.2) is 0 Å². The van der Waals surface area contributed by atoms with Crippen molar-refractivity contribution in [3.8, 4) is 28.0 Å². The molecule has 0 fully saturated rings. The molecule has 4 nitrogen and oxygen atoms in total. The summed E-state index contributed by atoms with van der Waals surface area (Å²) in [5.74, 6) is -0.150. The number of ether oxygens (including phenoxy) is 1. The molecular formula is C31H26ClNO3. The number of carbonyl (C=O) groups is 1. The van der Waals surface area contributed by atoms with Gasteiger partial charge in [0.05, 0.1) is 11.6 Å². The topological polar surface area (TPSA) is 51.5 Å². The quantitative estimate of drug-likeness (QED) is 0.248. The average molecular weight is 496 g/mol. The number of nitrogens with zero attached hydrogens (tertiary/aromatic N) is 1. The van der Waals surface area contributed by atoms with Crippen LogP contribution in [0.4, 0.5) is 0 Å². The summed E-state index contributed by atoms with van der Waals surface area (Å²) >= 11 is 6.25. The Labute approximate surface area is 215 Å². The zero-order valence-electron chi connectivity index (χ0n) is 20.1. The summed E-state index contributed by atoms with van der Waals surface area (Å²) in [6.07, 6.45) is 0.104. The Morgan fingerprint density at radius 2 is 1.58 bits per heavy atom. The molecule has 5 aromatic rings. The lowest BCUT2D eigenvalue weighted by molar-refractivity contribution is 0.0687. The van der Waals surface area contributed by atoms with Crippen LogP contribution in [0.25, 0.3) is 33.2 Å². The highest BCUT2D eigenvalue weighted by molar-refractivity contribution is 6.30. The predicted molar refractivity (Wildman–Crippen MR) is 146 cm³/mol. The van der Waals surface area contributed by atoms with Crippen LogP contribution in [0.15, 0.2) is 97.1 Å². The van der Waals surface area contributed by atoms with Gasteiger partial charge < -0.3 is 14.4 Å². The van der Waals surface area contributed by atoms with E-state index in [9.17, 15) is 9.90 Å². The predicted octanol–water partition coefficient (Wildman–Crippen LogP) is 8.16. The number of benzene rings is 4. The molecule has 0 aliphatic rings. The van der Waals surface area contributed by atoms with Crippen molar-refractivity contribution < 1.29 is 14.6 Å². The van der Waals surface area contributed by atoms with Gasteiger partial charge in [0.25, 0.3) is 0 Å². The van der Waals surface area contributed by atoms with E-state index >= 15 is 0 Å². The van der Waals surface area contributed by atoms with E-state index in [2.05, 4.69) is 6.07 Å². The first-order valence-electron chi connectivity index (χ1n) is 11.9. The first kappa shape index (κ1) is 23.7. The molecule has 0 unspecified atom stereocenters. The Morgan fingerprint density at radius 1 is 0.861 bits per heavy atom. The molecule has 0 aliphatic heterocycles. The molecule has 1 heterocycles. The SMILES string of the molecule is CC(C)Oc1ccc(-c2ccc3c(-c4ccccc4)c(C(=O)O)n(Cc4cccc(Cl)c4)c3c2)cc1. The molecule has 5 rings (SSSR count). The Balaban J connectivity index is 1.71. The van der Waals surface area contributed by atoms with Crippen LogP contribution in [0, 0.1) is 0 Å². The minimum Gasteiger partial charge on any atom is -0.491 e. The van der Waals surface area contributed by atoms with Crippen LogP contribution < -0.4 is 4.74 Å². The molecule has 0 saturated carbocycles. The Bertz CT molecular complexity index is 1540. The number of hydrogen-bond donors (Lipinski definition) is 1. The normalized spacial score (nSPS) is 11.2. The molecular weight excluding hydrogens is 470 g/mol. The first-order valence-corrected chi connectivity index (χ1v) is 12.2. The van der Waals surface area contributed by atoms with Crippen LogP contribution in [-0.4, -0.2) is 21.7 Å². The fraction of sp³-hybridized carbons (Fsp3) is 0.129. The molecule has 1 aromatic heterocycles. The third-order valence-electron chi connectivity index (χ3n) is 6.12. The summed E-state index contributed by atoms with van der Waals surface area (Å²) in [6.45, 7) is 4.39. The highest BCUT2D eigenvalue weighted by atomic mass is 35.5. The van der Waals surface area contributed by atoms with E-state index < -0.39 is 5.97 Å². The fourth-order valence-corrected chi connectivity index (χ4v) is 4.84. The number of rotatable bonds is 7. The van der Waals surface area contributed by atoms with Gasteiger partial charge in [-0.3, -0.25) is 0 Å². The number of aromatic nitrogens is 1. The van der Waals surface area contributed by atoms with Crippen molar-refractivity contribution in [2.75, 3.05) is 0 Å². The summed E-state index contributed by atoms with van der Waals surface area (Å²) in [7, 11) is 0. The Kier molecular flexibility index (Phi) is 6.53. The molecule has 180 valence electrons. The molecule has 5 heteroatoms. The maximum atomic E-state index is 12.7. The van der Waals surface area contributed by atoms with Gasteiger partial charge in [0.1, 0.15) is 11.4 Å². The van der Waals surface area contributed by atoms with Crippen molar-refractivity contribution in [1.82, 2.24) is 4.57 Å². The number of halogens is 1. The zero-order chi connectivity index (χ0) is 25.2. The summed E-state index contributed by atoms with van der Waals surface area (Å²) in [4.78, 5) is 12.7. The van der Waals surface area contributed by atoms with Crippen LogP contribution in [0.1, 0.15) is 29.9 Å². The van der Waals surface area contributed by atoms with E-state index in [0.717, 1.165) is 38.9 Å². The first-order chi connectivity index (χ1) is 17.4. The highest BCUT2D eigenvalue weighted by Gasteiger charge is 2.24. The molecule has 0 spiro atoms. The number of aromatic carboxylic acids is 1. The van der Waals surface area contributed by atoms with E-state index in [0.29, 0.717) is 17.1 Å². The van der Waals surface area contributed by atoms with Gasteiger partial charge in [-0.25, -0.2) is 4.79 Å². The van der Waals surface area contributed by atoms with Gasteiger partial charge in [-0.1, -0.05) is 78.3 Å². The molecule has 1 N–H and O–H groups in total. The molecule has 0 amide bonds. The van der Waals surface area contributed by atoms with Crippen LogP contribution in [0.3, 0.4) is 0 Å². The fourth-order valence-electron chi connectivity index (χ4n) is 4.63. The number of carboxylic acid groups (broad SMARTS) is 1. The molecule has 0 atom stereocenters. The van der Waals surface area contributed by atoms with E-state index in [1.54, 1.807) is 0 Å². The lowest BCUT2D eigenvalue weighted by atomic mass is 9.99. The third kappa shape index (κ3) is 4.73. The van der Waals surface area contributed by atoms with Gasteiger partial charge in [0, 0.05) is 22.5 Å². The molecule has 36 heavy (non-hydrogen) atoms. The van der Waals surface area contributed by atoms with Crippen molar-refractivity contribution in [3.63, 3.8) is 0 Å². The maximum Gasteiger partial charge on any atom is 0.353 e. The van der Waals surface area contributed by atoms with Gasteiger partial charge in [0.2, 0.25) is 0 Å². The zero-order valence-corrected chi connectivity index (χ0v) is 20.9. The van der Waals surface area contributed by atoms with Crippen molar-refractivity contribution in [2.24, 2.45) is 0 Å². The number of fused-ring (bicyclic) bond motifs is 1. The molecule has 0 bridgehead atoms. The van der Waals surface area contributed by atoms with Crippen LogP contribution in [0.5, 0.6) is 5.75 Å². The maximum absolute atomic E-state index is 12.7. The van der Waals surface area contributed by atoms with E-state index in [4.69, 9.17) is 16.3 Å². The van der Waals surface area contributed by atoms with Crippen molar-refractivity contribution >= 4 is 28.5 Å². The minimum atomic E-state index is -0.969. The van der Waals surface area contributed by atoms with Gasteiger partial charge in [-0.05, 0) is 66.4 Å². The monoisotopic (exact) mass is 495 g/mol. The lowest BCUT2D eigenvalue weighted by Gasteiger charge is -2.12. The highest BCUT2D eigenvalue weighted by Crippen LogP contribution is 2.38. The van der Waals surface area contributed by atoms with E-state index in [1.807, 2.05) is 109 Å². The van der Waals surface area contributed by atoms with Gasteiger partial charge in [-0.15, -0.1) is 0 Å². The van der Waals surface area contributed by atoms with Crippen LogP contribution >= 0.6 is 11.6 Å². The van der Waals surface area contributed by atoms with Crippen LogP contribution in [-0.2, 0) is 6.54 Å². The molecule has 0 aliphatic carbocycles. The molecule has 0 saturated heterocycles. The average Bonchev–Trinajstić information content (AvgIpc) is 3.18. The second-order valence-corrected chi connectivity index (χ2v) is 9.47. The van der Waals surface area contributed by atoms with Gasteiger partial charge >= 0.3 is 5.97 Å². The van der Waals surface area contributed by atoms with Crippen molar-refractivity contribution in [1.29, 1.82) is 0 Å². The van der Waals surface area contributed by atoms with Gasteiger partial charge in [-0.2, -0.15) is 0 Å². The second-order valence-electron chi connectivity index (χ2n) is 9.03. The summed E-state index contributed by atoms with van der Waals surface area (Å²) < 4.78 is 7.67. The Morgan fingerprint density at radius 3 is 2.25 bits per heavy atom. The van der Waals surface area contributed by atoms with Crippen molar-refractivity contribution in [2.45, 2.75) is 26.5 Å². The van der Waals surface area contributed by atoms with E-state index in [1.165, 1.54) is 0 Å². The summed E-state index contributed by atoms with van der Waals surface area (Å²) in [5.41, 5.74) is 5.66. The number of hydrogen-bond acceptors (Lipinski definition) is 2. The summed E-state index contributed by atoms with van der Waals surface area (Å²) in [6, 6.07) is 31.3. The smallest absolute Gasteiger partial charge is 0.353 e. The Hall–Kier alpha value is -4.02. The summed E-state index contributed by atoms with van der Waals surface area (Å²) in [5, 5.41) is 11.9. The van der Waals surface area contributed by atoms with Crippen molar-refractivity contribution in [3.05, 3.63) is 113 Å². The molecule has 4 aromatic carbocycles. The third-order valence-corrected chi connectivity index (χ3v) is 6.35. The van der Waals surface area contributed by atoms with Crippen LogP contribution in [0.2, 0.25) is 5.02 Å². The minimum absolute atomic E-state index is 0.104. The second kappa shape index (κ2) is 9.92. The molecule has 0 radical (unpaired) electrons.